The highest BCUT2D eigenvalue weighted by molar-refractivity contribution is 6.22. The molecule has 31 heavy (non-hydrogen) atoms. The van der Waals surface area contributed by atoms with Crippen LogP contribution in [0.1, 0.15) is 53.4 Å². The standard InChI is InChI=1S/C23H25N3O5/c1-15-4-6-16(7-5-15)20(27)24-10-11-25-21(28)17-8-9-18-19(14-17)23(30)26(22(18)29)12-3-13-31-2/h4-9,14H,3,10-13H2,1-2H3,(H,24,27)(H,25,28). The van der Waals surface area contributed by atoms with Crippen LogP contribution in [0.4, 0.5) is 0 Å². The number of nitrogens with one attached hydrogen (secondary N) is 2. The van der Waals surface area contributed by atoms with Crippen LogP contribution in [0, 0.1) is 6.92 Å². The summed E-state index contributed by atoms with van der Waals surface area (Å²) >= 11 is 0. The normalized spacial score (nSPS) is 12.6. The molecule has 0 unspecified atom stereocenters. The molecule has 162 valence electrons. The molecule has 2 N–H and O–H groups in total. The van der Waals surface area contributed by atoms with E-state index in [4.69, 9.17) is 4.74 Å². The van der Waals surface area contributed by atoms with Crippen molar-refractivity contribution in [3.8, 4) is 0 Å². The zero-order valence-electron chi connectivity index (χ0n) is 17.6. The van der Waals surface area contributed by atoms with E-state index in [1.807, 2.05) is 19.1 Å². The van der Waals surface area contributed by atoms with Gasteiger partial charge < -0.3 is 15.4 Å². The summed E-state index contributed by atoms with van der Waals surface area (Å²) in [7, 11) is 1.56. The quantitative estimate of drug-likeness (QED) is 0.473. The van der Waals surface area contributed by atoms with Gasteiger partial charge in [0.2, 0.25) is 0 Å². The van der Waals surface area contributed by atoms with E-state index in [2.05, 4.69) is 10.6 Å². The van der Waals surface area contributed by atoms with Gasteiger partial charge >= 0.3 is 0 Å². The average Bonchev–Trinajstić information content (AvgIpc) is 3.01. The molecule has 0 saturated heterocycles. The molecule has 0 aliphatic carbocycles. The van der Waals surface area contributed by atoms with Crippen molar-refractivity contribution in [2.75, 3.05) is 33.4 Å². The summed E-state index contributed by atoms with van der Waals surface area (Å²) in [6, 6.07) is 11.6. The number of benzene rings is 2. The Morgan fingerprint density at radius 1 is 0.871 bits per heavy atom. The highest BCUT2D eigenvalue weighted by Crippen LogP contribution is 2.24. The maximum atomic E-state index is 12.6. The molecular weight excluding hydrogens is 398 g/mol. The molecule has 2 aromatic carbocycles. The van der Waals surface area contributed by atoms with E-state index in [-0.39, 0.29) is 48.5 Å². The van der Waals surface area contributed by atoms with E-state index < -0.39 is 5.91 Å². The van der Waals surface area contributed by atoms with Crippen molar-refractivity contribution in [1.82, 2.24) is 15.5 Å². The molecule has 0 atom stereocenters. The Hall–Kier alpha value is -3.52. The Balaban J connectivity index is 1.53. The van der Waals surface area contributed by atoms with Crippen LogP contribution in [0.15, 0.2) is 42.5 Å². The number of hydrogen-bond acceptors (Lipinski definition) is 5. The molecule has 0 fully saturated rings. The van der Waals surface area contributed by atoms with Gasteiger partial charge in [-0.15, -0.1) is 0 Å². The third-order valence-electron chi connectivity index (χ3n) is 4.97. The molecule has 1 aliphatic heterocycles. The first-order valence-corrected chi connectivity index (χ1v) is 10.0. The number of ether oxygens (including phenoxy) is 1. The Morgan fingerprint density at radius 3 is 2.10 bits per heavy atom. The largest absolute Gasteiger partial charge is 0.385 e. The Kier molecular flexibility index (Phi) is 7.15. The van der Waals surface area contributed by atoms with E-state index >= 15 is 0 Å². The van der Waals surface area contributed by atoms with E-state index in [1.165, 1.54) is 23.1 Å². The summed E-state index contributed by atoms with van der Waals surface area (Å²) in [6.45, 7) is 3.14. The first kappa shape index (κ1) is 22.2. The van der Waals surface area contributed by atoms with Crippen LogP contribution >= 0.6 is 0 Å². The van der Waals surface area contributed by atoms with Crippen molar-refractivity contribution in [1.29, 1.82) is 0 Å². The summed E-state index contributed by atoms with van der Waals surface area (Å²) in [5.41, 5.74) is 2.42. The SMILES string of the molecule is COCCCN1C(=O)c2ccc(C(=O)NCCNC(=O)c3ccc(C)cc3)cc2C1=O. The van der Waals surface area contributed by atoms with Crippen LogP contribution in [0.5, 0.6) is 0 Å². The maximum Gasteiger partial charge on any atom is 0.261 e. The molecule has 2 aromatic rings. The predicted octanol–water partition coefficient (Wildman–Crippen LogP) is 1.79. The van der Waals surface area contributed by atoms with Gasteiger partial charge in [-0.3, -0.25) is 24.1 Å². The number of hydrogen-bond donors (Lipinski definition) is 2. The maximum absolute atomic E-state index is 12.6. The molecule has 0 radical (unpaired) electrons. The second-order valence-electron chi connectivity index (χ2n) is 7.25. The van der Waals surface area contributed by atoms with E-state index in [0.29, 0.717) is 24.2 Å². The molecule has 0 spiro atoms. The van der Waals surface area contributed by atoms with Crippen molar-refractivity contribution in [3.05, 3.63) is 70.3 Å². The van der Waals surface area contributed by atoms with Gasteiger partial charge in [0.05, 0.1) is 11.1 Å². The molecule has 1 aliphatic rings. The molecule has 3 rings (SSSR count). The summed E-state index contributed by atoms with van der Waals surface area (Å²) in [6.07, 6.45) is 0.545. The third kappa shape index (κ3) is 5.16. The van der Waals surface area contributed by atoms with Gasteiger partial charge in [0.15, 0.2) is 0 Å². The fourth-order valence-corrected chi connectivity index (χ4v) is 3.26. The van der Waals surface area contributed by atoms with Gasteiger partial charge in [0.1, 0.15) is 0 Å². The average molecular weight is 423 g/mol. The zero-order valence-corrected chi connectivity index (χ0v) is 17.6. The van der Waals surface area contributed by atoms with Crippen LogP contribution in [-0.4, -0.2) is 61.9 Å². The van der Waals surface area contributed by atoms with Gasteiger partial charge in [-0.1, -0.05) is 17.7 Å². The smallest absolute Gasteiger partial charge is 0.261 e. The van der Waals surface area contributed by atoms with E-state index in [0.717, 1.165) is 5.56 Å². The van der Waals surface area contributed by atoms with Gasteiger partial charge in [0, 0.05) is 44.5 Å². The van der Waals surface area contributed by atoms with Crippen LogP contribution in [-0.2, 0) is 4.74 Å². The number of amides is 4. The second kappa shape index (κ2) is 9.99. The molecule has 0 bridgehead atoms. The van der Waals surface area contributed by atoms with Crippen LogP contribution in [0.2, 0.25) is 0 Å². The minimum absolute atomic E-state index is 0.218. The van der Waals surface area contributed by atoms with Crippen molar-refractivity contribution in [3.63, 3.8) is 0 Å². The van der Waals surface area contributed by atoms with Gasteiger partial charge in [-0.05, 0) is 43.7 Å². The van der Waals surface area contributed by atoms with Crippen molar-refractivity contribution < 1.29 is 23.9 Å². The minimum atomic E-state index is -0.406. The first-order chi connectivity index (χ1) is 14.9. The molecule has 8 heteroatoms. The number of aryl methyl sites for hydroxylation is 1. The van der Waals surface area contributed by atoms with Gasteiger partial charge in [-0.25, -0.2) is 0 Å². The molecule has 0 aromatic heterocycles. The van der Waals surface area contributed by atoms with Gasteiger partial charge in [-0.2, -0.15) is 0 Å². The third-order valence-corrected chi connectivity index (χ3v) is 4.97. The van der Waals surface area contributed by atoms with E-state index in [9.17, 15) is 19.2 Å². The molecule has 1 heterocycles. The highest BCUT2D eigenvalue weighted by atomic mass is 16.5. The zero-order chi connectivity index (χ0) is 22.4. The number of methoxy groups -OCH3 is 1. The fourth-order valence-electron chi connectivity index (χ4n) is 3.26. The second-order valence-corrected chi connectivity index (χ2v) is 7.25. The van der Waals surface area contributed by atoms with Crippen molar-refractivity contribution in [2.45, 2.75) is 13.3 Å². The van der Waals surface area contributed by atoms with Crippen LogP contribution in [0.25, 0.3) is 0 Å². The first-order valence-electron chi connectivity index (χ1n) is 10.0. The number of rotatable bonds is 9. The highest BCUT2D eigenvalue weighted by Gasteiger charge is 2.35. The Morgan fingerprint density at radius 2 is 1.45 bits per heavy atom. The number of carbonyl (C=O) groups excluding carboxylic acids is 4. The molecule has 0 saturated carbocycles. The molecule has 4 amide bonds. The predicted molar refractivity (Wildman–Crippen MR) is 114 cm³/mol. The monoisotopic (exact) mass is 423 g/mol. The molecule has 8 nitrogen and oxygen atoms in total. The summed E-state index contributed by atoms with van der Waals surface area (Å²) in [5.74, 6) is -1.37. The molecular formula is C23H25N3O5. The van der Waals surface area contributed by atoms with Gasteiger partial charge in [0.25, 0.3) is 23.6 Å². The number of fused-ring (bicyclic) bond motifs is 1. The summed E-state index contributed by atoms with van der Waals surface area (Å²) in [4.78, 5) is 50.7. The lowest BCUT2D eigenvalue weighted by atomic mass is 10.1. The lowest BCUT2D eigenvalue weighted by molar-refractivity contribution is 0.0638. The topological polar surface area (TPSA) is 105 Å². The van der Waals surface area contributed by atoms with E-state index in [1.54, 1.807) is 19.2 Å². The fraction of sp³-hybridized carbons (Fsp3) is 0.304. The summed E-state index contributed by atoms with van der Waals surface area (Å²) < 4.78 is 4.96. The lowest BCUT2D eigenvalue weighted by Gasteiger charge is -2.12. The number of carbonyl (C=O) groups is 4. The Labute approximate surface area is 180 Å². The summed E-state index contributed by atoms with van der Waals surface area (Å²) in [5, 5.41) is 5.45. The van der Waals surface area contributed by atoms with Crippen LogP contribution < -0.4 is 10.6 Å². The van der Waals surface area contributed by atoms with Crippen molar-refractivity contribution >= 4 is 23.6 Å². The lowest BCUT2D eigenvalue weighted by Crippen LogP contribution is -2.34. The number of nitrogens with zero attached hydrogens (tertiary/aromatic N) is 1. The van der Waals surface area contributed by atoms with Crippen molar-refractivity contribution in [2.24, 2.45) is 0 Å². The number of imide groups is 1. The van der Waals surface area contributed by atoms with Crippen LogP contribution in [0.3, 0.4) is 0 Å². The Bertz CT molecular complexity index is 1000. The minimum Gasteiger partial charge on any atom is -0.385 e.